The monoisotopic (exact) mass is 382 g/mol. The minimum Gasteiger partial charge on any atom is -0.381 e. The minimum atomic E-state index is 0.0525. The van der Waals surface area contributed by atoms with Gasteiger partial charge in [-0.1, -0.05) is 0 Å². The zero-order valence-corrected chi connectivity index (χ0v) is 16.4. The molecule has 0 saturated carbocycles. The third-order valence-corrected chi connectivity index (χ3v) is 5.19. The summed E-state index contributed by atoms with van der Waals surface area (Å²) < 4.78 is 11.5. The fourth-order valence-electron chi connectivity index (χ4n) is 4.00. The number of aromatic nitrogens is 3. The SMILES string of the molecule is C[C@@H]1CN(c2cc(C(=O)Cc3cccnn3)c3c(n2)CCOCC3)C[C@H](C)O1. The number of fused-ring (bicyclic) bond motifs is 1. The Balaban J connectivity index is 1.70. The van der Waals surface area contributed by atoms with Gasteiger partial charge in [0.25, 0.3) is 0 Å². The van der Waals surface area contributed by atoms with Crippen molar-refractivity contribution in [2.24, 2.45) is 0 Å². The summed E-state index contributed by atoms with van der Waals surface area (Å²) >= 11 is 0. The van der Waals surface area contributed by atoms with Crippen molar-refractivity contribution >= 4 is 11.6 Å². The number of anilines is 1. The summed E-state index contributed by atoms with van der Waals surface area (Å²) in [6, 6.07) is 5.59. The highest BCUT2D eigenvalue weighted by molar-refractivity contribution is 5.99. The largest absolute Gasteiger partial charge is 0.381 e. The Kier molecular flexibility index (Phi) is 5.64. The van der Waals surface area contributed by atoms with Crippen LogP contribution in [0, 0.1) is 0 Å². The lowest BCUT2D eigenvalue weighted by molar-refractivity contribution is -0.00547. The smallest absolute Gasteiger partial charge is 0.169 e. The predicted octanol–water partition coefficient (Wildman–Crippen LogP) is 2.03. The van der Waals surface area contributed by atoms with Crippen molar-refractivity contribution in [3.8, 4) is 0 Å². The molecule has 2 aromatic rings. The number of ether oxygens (including phenoxy) is 2. The Hall–Kier alpha value is -2.38. The summed E-state index contributed by atoms with van der Waals surface area (Å²) in [5, 5.41) is 7.95. The summed E-state index contributed by atoms with van der Waals surface area (Å²) in [6.45, 7) is 6.93. The van der Waals surface area contributed by atoms with Crippen LogP contribution in [0.5, 0.6) is 0 Å². The predicted molar refractivity (Wildman–Crippen MR) is 105 cm³/mol. The van der Waals surface area contributed by atoms with E-state index in [0.29, 0.717) is 25.3 Å². The lowest BCUT2D eigenvalue weighted by atomic mass is 9.96. The third-order valence-electron chi connectivity index (χ3n) is 5.19. The molecule has 0 bridgehead atoms. The highest BCUT2D eigenvalue weighted by Crippen LogP contribution is 2.26. The second-order valence-corrected chi connectivity index (χ2v) is 7.54. The fraction of sp³-hybridized carbons (Fsp3) is 0.524. The molecular formula is C21H26N4O3. The molecule has 0 unspecified atom stereocenters. The second kappa shape index (κ2) is 8.32. The molecule has 4 heterocycles. The zero-order valence-electron chi connectivity index (χ0n) is 16.4. The van der Waals surface area contributed by atoms with Crippen LogP contribution < -0.4 is 4.90 Å². The molecule has 28 heavy (non-hydrogen) atoms. The Morgan fingerprint density at radius 1 is 1.21 bits per heavy atom. The third kappa shape index (κ3) is 4.20. The van der Waals surface area contributed by atoms with E-state index in [4.69, 9.17) is 14.5 Å². The number of morpholine rings is 1. The van der Waals surface area contributed by atoms with E-state index in [9.17, 15) is 4.79 Å². The lowest BCUT2D eigenvalue weighted by Crippen LogP contribution is -2.46. The van der Waals surface area contributed by atoms with Crippen molar-refractivity contribution in [3.05, 3.63) is 46.9 Å². The van der Waals surface area contributed by atoms with Gasteiger partial charge in [0, 0.05) is 37.0 Å². The van der Waals surface area contributed by atoms with Gasteiger partial charge in [-0.15, -0.1) is 0 Å². The summed E-state index contributed by atoms with van der Waals surface area (Å²) in [6.07, 6.45) is 3.55. The normalized spacial score (nSPS) is 22.4. The van der Waals surface area contributed by atoms with Crippen LogP contribution in [0.2, 0.25) is 0 Å². The standard InChI is InChI=1S/C21H26N4O3/c1-14-12-25(13-15(2)28-14)21-11-18(17-5-8-27-9-6-19(17)23-21)20(26)10-16-4-3-7-22-24-16/h3-4,7,11,14-15H,5-6,8-10,12-13H2,1-2H3/t14-,15+. The van der Waals surface area contributed by atoms with E-state index >= 15 is 0 Å². The average Bonchev–Trinajstić information content (AvgIpc) is 2.92. The summed E-state index contributed by atoms with van der Waals surface area (Å²) in [7, 11) is 0. The van der Waals surface area contributed by atoms with Crippen molar-refractivity contribution < 1.29 is 14.3 Å². The molecule has 1 saturated heterocycles. The van der Waals surface area contributed by atoms with Crippen molar-refractivity contribution in [1.29, 1.82) is 0 Å². The minimum absolute atomic E-state index is 0.0525. The van der Waals surface area contributed by atoms with Gasteiger partial charge in [-0.2, -0.15) is 10.2 Å². The first kappa shape index (κ1) is 19.0. The molecule has 0 amide bonds. The van der Waals surface area contributed by atoms with Crippen molar-refractivity contribution in [1.82, 2.24) is 15.2 Å². The van der Waals surface area contributed by atoms with Crippen molar-refractivity contribution in [3.63, 3.8) is 0 Å². The molecule has 1 fully saturated rings. The topological polar surface area (TPSA) is 77.4 Å². The molecule has 0 aliphatic carbocycles. The van der Waals surface area contributed by atoms with Gasteiger partial charge in [-0.3, -0.25) is 4.79 Å². The average molecular weight is 382 g/mol. The van der Waals surface area contributed by atoms with E-state index in [-0.39, 0.29) is 24.4 Å². The molecule has 2 aromatic heterocycles. The number of ketones is 1. The highest BCUT2D eigenvalue weighted by Gasteiger charge is 2.27. The van der Waals surface area contributed by atoms with Gasteiger partial charge in [-0.25, -0.2) is 4.98 Å². The molecule has 7 heteroatoms. The zero-order chi connectivity index (χ0) is 19.5. The first-order chi connectivity index (χ1) is 13.6. The van der Waals surface area contributed by atoms with Crippen LogP contribution in [0.15, 0.2) is 24.4 Å². The summed E-state index contributed by atoms with van der Waals surface area (Å²) in [5.74, 6) is 0.904. The van der Waals surface area contributed by atoms with Gasteiger partial charge in [0.1, 0.15) is 5.82 Å². The number of Topliss-reactive ketones (excluding diaryl/α,β-unsaturated/α-hetero) is 1. The molecule has 7 nitrogen and oxygen atoms in total. The van der Waals surface area contributed by atoms with Crippen LogP contribution in [0.25, 0.3) is 0 Å². The molecule has 2 aliphatic rings. The van der Waals surface area contributed by atoms with E-state index in [0.717, 1.165) is 42.1 Å². The fourth-order valence-corrected chi connectivity index (χ4v) is 4.00. The van der Waals surface area contributed by atoms with E-state index < -0.39 is 0 Å². The quantitative estimate of drug-likeness (QED) is 0.749. The number of rotatable bonds is 4. The Bertz CT molecular complexity index is 833. The van der Waals surface area contributed by atoms with Gasteiger partial charge in [0.2, 0.25) is 0 Å². The van der Waals surface area contributed by atoms with Gasteiger partial charge >= 0.3 is 0 Å². The highest BCUT2D eigenvalue weighted by atomic mass is 16.5. The molecule has 2 aliphatic heterocycles. The molecule has 0 aromatic carbocycles. The lowest BCUT2D eigenvalue weighted by Gasteiger charge is -2.36. The molecular weight excluding hydrogens is 356 g/mol. The molecule has 148 valence electrons. The Labute approximate surface area is 165 Å². The number of carbonyl (C=O) groups is 1. The van der Waals surface area contributed by atoms with E-state index in [1.807, 2.05) is 12.1 Å². The maximum atomic E-state index is 13.2. The van der Waals surface area contributed by atoms with Crippen LogP contribution in [-0.4, -0.2) is 59.5 Å². The van der Waals surface area contributed by atoms with Crippen molar-refractivity contribution in [2.45, 2.75) is 45.3 Å². The van der Waals surface area contributed by atoms with Crippen LogP contribution in [0.1, 0.15) is 41.2 Å². The summed E-state index contributed by atoms with van der Waals surface area (Å²) in [4.78, 5) is 20.3. The van der Waals surface area contributed by atoms with E-state index in [1.165, 1.54) is 0 Å². The molecule has 2 atom stereocenters. The maximum Gasteiger partial charge on any atom is 0.169 e. The number of pyridine rings is 1. The molecule has 4 rings (SSSR count). The van der Waals surface area contributed by atoms with Crippen molar-refractivity contribution in [2.75, 3.05) is 31.2 Å². The van der Waals surface area contributed by atoms with Crippen LogP contribution >= 0.6 is 0 Å². The number of hydrogen-bond acceptors (Lipinski definition) is 7. The van der Waals surface area contributed by atoms with Gasteiger partial charge in [-0.05, 0) is 44.0 Å². The maximum absolute atomic E-state index is 13.2. The Morgan fingerprint density at radius 2 is 2.00 bits per heavy atom. The number of nitrogens with zero attached hydrogens (tertiary/aromatic N) is 4. The molecule has 0 radical (unpaired) electrons. The van der Waals surface area contributed by atoms with Crippen LogP contribution in [-0.2, 0) is 28.7 Å². The van der Waals surface area contributed by atoms with E-state index in [1.54, 1.807) is 12.3 Å². The first-order valence-corrected chi connectivity index (χ1v) is 9.91. The Morgan fingerprint density at radius 3 is 2.75 bits per heavy atom. The number of carbonyl (C=O) groups excluding carboxylic acids is 1. The summed E-state index contributed by atoms with van der Waals surface area (Å²) in [5.41, 5.74) is 3.41. The van der Waals surface area contributed by atoms with Gasteiger partial charge < -0.3 is 14.4 Å². The van der Waals surface area contributed by atoms with Gasteiger partial charge in [0.05, 0.1) is 37.5 Å². The van der Waals surface area contributed by atoms with Gasteiger partial charge in [0.15, 0.2) is 5.78 Å². The molecule has 0 N–H and O–H groups in total. The first-order valence-electron chi connectivity index (χ1n) is 9.91. The molecule has 0 spiro atoms. The van der Waals surface area contributed by atoms with E-state index in [2.05, 4.69) is 28.9 Å². The van der Waals surface area contributed by atoms with Crippen LogP contribution in [0.3, 0.4) is 0 Å². The van der Waals surface area contributed by atoms with Crippen LogP contribution in [0.4, 0.5) is 5.82 Å². The second-order valence-electron chi connectivity index (χ2n) is 7.54. The number of hydrogen-bond donors (Lipinski definition) is 0.